The fraction of sp³-hybridized carbons (Fsp3) is 0.368. The van der Waals surface area contributed by atoms with Crippen molar-refractivity contribution in [2.45, 2.75) is 31.7 Å². The number of hydrogen-bond donors (Lipinski definition) is 2. The van der Waals surface area contributed by atoms with Crippen LogP contribution in [-0.2, 0) is 6.18 Å². The maximum Gasteiger partial charge on any atom is 0.416 e. The van der Waals surface area contributed by atoms with Crippen molar-refractivity contribution >= 4 is 11.8 Å². The van der Waals surface area contributed by atoms with Crippen molar-refractivity contribution in [3.05, 3.63) is 53.2 Å². The van der Waals surface area contributed by atoms with Crippen LogP contribution in [0.25, 0.3) is 0 Å². The number of rotatable bonds is 5. The maximum absolute atomic E-state index is 12.7. The minimum Gasteiger partial charge on any atom is -0.489 e. The molecule has 0 radical (unpaired) electrons. The average Bonchev–Trinajstić information content (AvgIpc) is 3.04. The molecule has 2 atom stereocenters. The van der Waals surface area contributed by atoms with E-state index >= 15 is 0 Å². The lowest BCUT2D eigenvalue weighted by molar-refractivity contribution is -0.137. The van der Waals surface area contributed by atoms with Crippen LogP contribution >= 0.6 is 0 Å². The quantitative estimate of drug-likeness (QED) is 0.808. The van der Waals surface area contributed by atoms with Crippen LogP contribution in [0.3, 0.4) is 0 Å². The summed E-state index contributed by atoms with van der Waals surface area (Å²) in [6.07, 6.45) is -4.30. The zero-order chi connectivity index (χ0) is 20.5. The summed E-state index contributed by atoms with van der Waals surface area (Å²) in [7, 11) is 0. The molecule has 150 valence electrons. The topological polar surface area (TPSA) is 82.9 Å². The monoisotopic (exact) mass is 396 g/mol. The van der Waals surface area contributed by atoms with Gasteiger partial charge < -0.3 is 19.8 Å². The van der Waals surface area contributed by atoms with Crippen LogP contribution in [0.4, 0.5) is 19.0 Å². The van der Waals surface area contributed by atoms with Gasteiger partial charge in [-0.05, 0) is 43.3 Å². The second-order valence-corrected chi connectivity index (χ2v) is 6.59. The largest absolute Gasteiger partial charge is 0.489 e. The van der Waals surface area contributed by atoms with Crippen molar-refractivity contribution in [3.8, 4) is 5.75 Å². The molecule has 0 unspecified atom stereocenters. The predicted octanol–water partition coefficient (Wildman–Crippen LogP) is 3.13. The Labute approximate surface area is 159 Å². The average molecular weight is 396 g/mol. The van der Waals surface area contributed by atoms with E-state index in [1.54, 1.807) is 13.0 Å². The van der Waals surface area contributed by atoms with Gasteiger partial charge in [-0.15, -0.1) is 0 Å². The summed E-state index contributed by atoms with van der Waals surface area (Å²) in [5.74, 6) is -0.248. The van der Waals surface area contributed by atoms with Crippen LogP contribution < -0.4 is 9.64 Å². The lowest BCUT2D eigenvalue weighted by Gasteiger charge is -2.24. The van der Waals surface area contributed by atoms with Gasteiger partial charge in [0.05, 0.1) is 36.0 Å². The van der Waals surface area contributed by atoms with E-state index in [0.29, 0.717) is 30.2 Å². The van der Waals surface area contributed by atoms with Gasteiger partial charge in [0.2, 0.25) is 0 Å². The van der Waals surface area contributed by atoms with Crippen LogP contribution in [0.5, 0.6) is 5.75 Å². The molecule has 1 saturated heterocycles. The number of nitrogens with zero attached hydrogens (tertiary/aromatic N) is 2. The number of carboxylic acid groups (broad SMARTS) is 1. The van der Waals surface area contributed by atoms with Gasteiger partial charge in [0, 0.05) is 6.42 Å². The number of ether oxygens (including phenoxy) is 1. The number of benzene rings is 1. The molecule has 1 aliphatic rings. The van der Waals surface area contributed by atoms with Gasteiger partial charge in [-0.25, -0.2) is 9.78 Å². The SMILES string of the molecule is Cc1nc(N2C[C@@H](Oc3ccc(C(F)(F)F)cc3)C[C@H]2CO)ccc1C(=O)O. The van der Waals surface area contributed by atoms with Crippen molar-refractivity contribution < 1.29 is 32.9 Å². The van der Waals surface area contributed by atoms with Crippen LogP contribution in [0, 0.1) is 6.92 Å². The predicted molar refractivity (Wildman–Crippen MR) is 94.6 cm³/mol. The Hall–Kier alpha value is -2.81. The van der Waals surface area contributed by atoms with Crippen LogP contribution in [0.1, 0.15) is 28.0 Å². The first-order valence-electron chi connectivity index (χ1n) is 8.61. The summed E-state index contributed by atoms with van der Waals surface area (Å²) < 4.78 is 43.7. The normalized spacial score (nSPS) is 19.7. The van der Waals surface area contributed by atoms with Crippen molar-refractivity contribution in [1.29, 1.82) is 0 Å². The van der Waals surface area contributed by atoms with E-state index in [1.165, 1.54) is 18.2 Å². The zero-order valence-corrected chi connectivity index (χ0v) is 15.0. The number of aliphatic hydroxyl groups is 1. The molecule has 1 fully saturated rings. The summed E-state index contributed by atoms with van der Waals surface area (Å²) in [5.41, 5.74) is -0.297. The first-order valence-corrected chi connectivity index (χ1v) is 8.61. The van der Waals surface area contributed by atoms with Crippen molar-refractivity contribution in [3.63, 3.8) is 0 Å². The van der Waals surface area contributed by atoms with Crippen molar-refractivity contribution in [2.75, 3.05) is 18.1 Å². The van der Waals surface area contributed by atoms with Crippen molar-refractivity contribution in [2.24, 2.45) is 0 Å². The fourth-order valence-corrected chi connectivity index (χ4v) is 3.26. The summed E-state index contributed by atoms with van der Waals surface area (Å²) in [4.78, 5) is 17.3. The lowest BCUT2D eigenvalue weighted by Crippen LogP contribution is -2.33. The third kappa shape index (κ3) is 4.19. The number of hydrogen-bond acceptors (Lipinski definition) is 5. The van der Waals surface area contributed by atoms with Crippen LogP contribution in [0.2, 0.25) is 0 Å². The number of aromatic nitrogens is 1. The van der Waals surface area contributed by atoms with Gasteiger partial charge in [-0.3, -0.25) is 0 Å². The number of aryl methyl sites for hydroxylation is 1. The molecular formula is C19H19F3N2O4. The minimum atomic E-state index is -4.41. The molecule has 6 nitrogen and oxygen atoms in total. The molecule has 0 bridgehead atoms. The molecule has 28 heavy (non-hydrogen) atoms. The van der Waals surface area contributed by atoms with Gasteiger partial charge in [0.1, 0.15) is 17.7 Å². The first kappa shape index (κ1) is 19.9. The smallest absolute Gasteiger partial charge is 0.416 e. The number of carboxylic acids is 1. The Kier molecular flexibility index (Phi) is 5.46. The third-order valence-corrected chi connectivity index (χ3v) is 4.67. The van der Waals surface area contributed by atoms with Gasteiger partial charge in [-0.1, -0.05) is 0 Å². The Morgan fingerprint density at radius 2 is 1.93 bits per heavy atom. The van der Waals surface area contributed by atoms with Gasteiger partial charge >= 0.3 is 12.1 Å². The van der Waals surface area contributed by atoms with E-state index in [-0.39, 0.29) is 24.3 Å². The van der Waals surface area contributed by atoms with E-state index < -0.39 is 17.7 Å². The summed E-state index contributed by atoms with van der Waals surface area (Å²) in [5, 5.41) is 18.8. The Bertz CT molecular complexity index is 855. The van der Waals surface area contributed by atoms with E-state index in [0.717, 1.165) is 12.1 Å². The van der Waals surface area contributed by atoms with E-state index in [2.05, 4.69) is 4.98 Å². The second-order valence-electron chi connectivity index (χ2n) is 6.59. The summed E-state index contributed by atoms with van der Waals surface area (Å²) >= 11 is 0. The number of alkyl halides is 3. The Morgan fingerprint density at radius 3 is 2.46 bits per heavy atom. The number of anilines is 1. The zero-order valence-electron chi connectivity index (χ0n) is 15.0. The molecule has 1 aliphatic heterocycles. The molecule has 3 rings (SSSR count). The molecule has 0 spiro atoms. The lowest BCUT2D eigenvalue weighted by atomic mass is 10.2. The Balaban J connectivity index is 1.73. The number of halogens is 3. The summed E-state index contributed by atoms with van der Waals surface area (Å²) in [6, 6.07) is 7.19. The van der Waals surface area contributed by atoms with E-state index in [9.17, 15) is 23.1 Å². The second kappa shape index (κ2) is 7.67. The first-order chi connectivity index (χ1) is 13.2. The maximum atomic E-state index is 12.7. The number of carbonyl (C=O) groups is 1. The standard InChI is InChI=1S/C19H19F3N2O4/c1-11-16(18(26)27)6-7-17(23-11)24-9-15(8-13(24)10-25)28-14-4-2-12(3-5-14)19(20,21)22/h2-7,13,15,25H,8-10H2,1H3,(H,26,27)/t13-,15-/m0/s1. The molecule has 2 aromatic rings. The Morgan fingerprint density at radius 1 is 1.25 bits per heavy atom. The highest BCUT2D eigenvalue weighted by molar-refractivity contribution is 5.89. The molecule has 0 aliphatic carbocycles. The highest BCUT2D eigenvalue weighted by atomic mass is 19.4. The molecular weight excluding hydrogens is 377 g/mol. The third-order valence-electron chi connectivity index (χ3n) is 4.67. The molecule has 2 heterocycles. The van der Waals surface area contributed by atoms with Gasteiger partial charge in [-0.2, -0.15) is 13.2 Å². The number of aromatic carboxylic acids is 1. The van der Waals surface area contributed by atoms with E-state index in [1.807, 2.05) is 4.90 Å². The van der Waals surface area contributed by atoms with Crippen LogP contribution in [0.15, 0.2) is 36.4 Å². The molecule has 9 heteroatoms. The number of pyridine rings is 1. The number of aliphatic hydroxyl groups excluding tert-OH is 1. The van der Waals surface area contributed by atoms with Crippen molar-refractivity contribution in [1.82, 2.24) is 4.98 Å². The van der Waals surface area contributed by atoms with Gasteiger partial charge in [0.15, 0.2) is 0 Å². The molecule has 1 aromatic heterocycles. The van der Waals surface area contributed by atoms with Crippen LogP contribution in [-0.4, -0.2) is 46.5 Å². The fourth-order valence-electron chi connectivity index (χ4n) is 3.26. The highest BCUT2D eigenvalue weighted by Crippen LogP contribution is 2.32. The minimum absolute atomic E-state index is 0.0982. The molecule has 0 amide bonds. The summed E-state index contributed by atoms with van der Waals surface area (Å²) in [6.45, 7) is 1.80. The van der Waals surface area contributed by atoms with E-state index in [4.69, 9.17) is 9.84 Å². The highest BCUT2D eigenvalue weighted by Gasteiger charge is 2.35. The van der Waals surface area contributed by atoms with Gasteiger partial charge in [0.25, 0.3) is 0 Å². The molecule has 2 N–H and O–H groups in total. The molecule has 0 saturated carbocycles. The molecule has 1 aromatic carbocycles.